The van der Waals surface area contributed by atoms with Crippen molar-refractivity contribution < 1.29 is 4.79 Å². The molecule has 1 fully saturated rings. The minimum absolute atomic E-state index is 0.118. The second kappa shape index (κ2) is 7.51. The third kappa shape index (κ3) is 3.71. The molecule has 8 heteroatoms. The van der Waals surface area contributed by atoms with Crippen molar-refractivity contribution in [3.63, 3.8) is 0 Å². The molecule has 1 unspecified atom stereocenters. The average molecular weight is 368 g/mol. The number of hydrogen-bond donors (Lipinski definition) is 2. The first-order valence-corrected chi connectivity index (χ1v) is 8.69. The third-order valence-electron chi connectivity index (χ3n) is 4.07. The number of amides is 1. The van der Waals surface area contributed by atoms with Gasteiger partial charge >= 0.3 is 0 Å². The number of nitrogens with zero attached hydrogens (tertiary/aromatic N) is 3. The fraction of sp³-hybridized carbons (Fsp3) is 0.438. The molecule has 1 aliphatic rings. The zero-order valence-corrected chi connectivity index (χ0v) is 14.9. The molecule has 2 N–H and O–H groups in total. The Labute approximate surface area is 150 Å². The molecule has 2 aromatic rings. The Balaban J connectivity index is 1.74. The highest BCUT2D eigenvalue weighted by molar-refractivity contribution is 6.37. The van der Waals surface area contributed by atoms with E-state index >= 15 is 0 Å². The van der Waals surface area contributed by atoms with Gasteiger partial charge in [-0.1, -0.05) is 29.3 Å². The molecule has 0 spiro atoms. The number of nitrogens with one attached hydrogen (secondary N) is 2. The fourth-order valence-electron chi connectivity index (χ4n) is 2.80. The van der Waals surface area contributed by atoms with E-state index in [2.05, 4.69) is 20.7 Å². The van der Waals surface area contributed by atoms with E-state index in [1.54, 1.807) is 25.1 Å². The quantitative estimate of drug-likeness (QED) is 0.870. The van der Waals surface area contributed by atoms with Gasteiger partial charge in [0.2, 0.25) is 5.82 Å². The highest BCUT2D eigenvalue weighted by Crippen LogP contribution is 2.28. The molecule has 1 aliphatic heterocycles. The molecular formula is C16H19Cl2N5O. The van der Waals surface area contributed by atoms with E-state index in [-0.39, 0.29) is 11.7 Å². The topological polar surface area (TPSA) is 71.8 Å². The lowest BCUT2D eigenvalue weighted by molar-refractivity contribution is 0.0934. The number of carbonyl (C=O) groups is 1. The molecule has 6 nitrogen and oxygen atoms in total. The molecule has 1 atom stereocenters. The number of rotatable bonds is 4. The second-order valence-electron chi connectivity index (χ2n) is 5.89. The normalized spacial score (nSPS) is 17.7. The van der Waals surface area contributed by atoms with Crippen molar-refractivity contribution in [2.75, 3.05) is 19.6 Å². The molecule has 0 aliphatic carbocycles. The summed E-state index contributed by atoms with van der Waals surface area (Å²) in [6, 6.07) is 5.20. The molecule has 24 heavy (non-hydrogen) atoms. The van der Waals surface area contributed by atoms with Crippen LogP contribution in [-0.4, -0.2) is 40.3 Å². The Morgan fingerprint density at radius 3 is 2.83 bits per heavy atom. The van der Waals surface area contributed by atoms with Crippen molar-refractivity contribution in [2.45, 2.75) is 19.8 Å². The number of piperidine rings is 1. The van der Waals surface area contributed by atoms with Crippen LogP contribution in [0.15, 0.2) is 18.2 Å². The maximum absolute atomic E-state index is 12.3. The molecule has 2 heterocycles. The van der Waals surface area contributed by atoms with Gasteiger partial charge in [-0.25, -0.2) is 9.67 Å². The van der Waals surface area contributed by atoms with Gasteiger partial charge in [0.15, 0.2) is 0 Å². The summed E-state index contributed by atoms with van der Waals surface area (Å²) in [5.41, 5.74) is 0.529. The molecule has 128 valence electrons. The average Bonchev–Trinajstić information content (AvgIpc) is 2.95. The largest absolute Gasteiger partial charge is 0.349 e. The van der Waals surface area contributed by atoms with E-state index in [0.29, 0.717) is 34.0 Å². The first-order valence-electron chi connectivity index (χ1n) is 7.93. The molecule has 1 aromatic carbocycles. The number of hydrogen-bond acceptors (Lipinski definition) is 4. The van der Waals surface area contributed by atoms with E-state index < -0.39 is 0 Å². The Morgan fingerprint density at radius 2 is 2.17 bits per heavy atom. The van der Waals surface area contributed by atoms with Crippen LogP contribution in [0.25, 0.3) is 5.69 Å². The van der Waals surface area contributed by atoms with Crippen LogP contribution in [0.1, 0.15) is 29.3 Å². The standard InChI is InChI=1S/C16H19Cl2N5O/c1-10-21-15(16(24)20-9-11-4-3-7-19-8-11)22-23(10)14-12(17)5-2-6-13(14)18/h2,5-6,11,19H,3-4,7-9H2,1H3,(H,20,24). The van der Waals surface area contributed by atoms with Gasteiger partial charge in [0.05, 0.1) is 10.0 Å². The van der Waals surface area contributed by atoms with Crippen molar-refractivity contribution >= 4 is 29.1 Å². The molecule has 1 saturated heterocycles. The summed E-state index contributed by atoms with van der Waals surface area (Å²) in [4.78, 5) is 16.6. The number of para-hydroxylation sites is 1. The van der Waals surface area contributed by atoms with Gasteiger partial charge in [-0.05, 0) is 50.9 Å². The Kier molecular flexibility index (Phi) is 5.38. The SMILES string of the molecule is Cc1nc(C(=O)NCC2CCCNC2)nn1-c1c(Cl)cccc1Cl. The van der Waals surface area contributed by atoms with E-state index in [0.717, 1.165) is 25.9 Å². The Bertz CT molecular complexity index is 720. The van der Waals surface area contributed by atoms with Crippen LogP contribution in [-0.2, 0) is 0 Å². The monoisotopic (exact) mass is 367 g/mol. The lowest BCUT2D eigenvalue weighted by atomic mass is 10.00. The van der Waals surface area contributed by atoms with Gasteiger partial charge in [0.1, 0.15) is 11.5 Å². The summed E-state index contributed by atoms with van der Waals surface area (Å²) in [5.74, 6) is 0.830. The molecule has 1 amide bonds. The third-order valence-corrected chi connectivity index (χ3v) is 4.68. The highest BCUT2D eigenvalue weighted by atomic mass is 35.5. The summed E-state index contributed by atoms with van der Waals surface area (Å²) in [7, 11) is 0. The number of carbonyl (C=O) groups excluding carboxylic acids is 1. The second-order valence-corrected chi connectivity index (χ2v) is 6.70. The zero-order chi connectivity index (χ0) is 17.1. The van der Waals surface area contributed by atoms with Crippen LogP contribution < -0.4 is 10.6 Å². The summed E-state index contributed by atoms with van der Waals surface area (Å²) in [5, 5.41) is 11.4. The Hall–Kier alpha value is -1.63. The van der Waals surface area contributed by atoms with Gasteiger partial charge in [0.25, 0.3) is 5.91 Å². The maximum Gasteiger partial charge on any atom is 0.290 e. The van der Waals surface area contributed by atoms with Crippen LogP contribution in [0, 0.1) is 12.8 Å². The van der Waals surface area contributed by atoms with E-state index in [4.69, 9.17) is 23.2 Å². The molecule has 3 rings (SSSR count). The van der Waals surface area contributed by atoms with Crippen molar-refractivity contribution in [1.82, 2.24) is 25.4 Å². The fourth-order valence-corrected chi connectivity index (χ4v) is 3.36. The first kappa shape index (κ1) is 17.2. The molecule has 0 bridgehead atoms. The summed E-state index contributed by atoms with van der Waals surface area (Å²) in [6.07, 6.45) is 2.25. The van der Waals surface area contributed by atoms with Crippen LogP contribution in [0.3, 0.4) is 0 Å². The molecule has 0 radical (unpaired) electrons. The van der Waals surface area contributed by atoms with Crippen LogP contribution in [0.4, 0.5) is 0 Å². The predicted octanol–water partition coefficient (Wildman–Crippen LogP) is 2.61. The van der Waals surface area contributed by atoms with Crippen molar-refractivity contribution in [3.8, 4) is 5.69 Å². The number of aromatic nitrogens is 3. The number of halogens is 2. The van der Waals surface area contributed by atoms with Gasteiger partial charge in [-0.15, -0.1) is 5.10 Å². The van der Waals surface area contributed by atoms with Gasteiger partial charge in [0, 0.05) is 6.54 Å². The lowest BCUT2D eigenvalue weighted by Crippen LogP contribution is -2.38. The van der Waals surface area contributed by atoms with Crippen LogP contribution in [0.5, 0.6) is 0 Å². The minimum Gasteiger partial charge on any atom is -0.349 e. The molecular weight excluding hydrogens is 349 g/mol. The van der Waals surface area contributed by atoms with E-state index in [1.165, 1.54) is 4.68 Å². The van der Waals surface area contributed by atoms with E-state index in [1.807, 2.05) is 0 Å². The summed E-state index contributed by atoms with van der Waals surface area (Å²) < 4.78 is 1.50. The van der Waals surface area contributed by atoms with E-state index in [9.17, 15) is 4.79 Å². The van der Waals surface area contributed by atoms with Crippen molar-refractivity contribution in [2.24, 2.45) is 5.92 Å². The van der Waals surface area contributed by atoms with Crippen LogP contribution >= 0.6 is 23.2 Å². The Morgan fingerprint density at radius 1 is 1.42 bits per heavy atom. The first-order chi connectivity index (χ1) is 11.6. The summed E-state index contributed by atoms with van der Waals surface area (Å²) >= 11 is 12.4. The highest BCUT2D eigenvalue weighted by Gasteiger charge is 2.20. The van der Waals surface area contributed by atoms with Gasteiger partial charge < -0.3 is 10.6 Å². The molecule has 0 saturated carbocycles. The smallest absolute Gasteiger partial charge is 0.290 e. The summed E-state index contributed by atoms with van der Waals surface area (Å²) in [6.45, 7) is 4.35. The minimum atomic E-state index is -0.286. The maximum atomic E-state index is 12.3. The molecule has 1 aromatic heterocycles. The number of benzene rings is 1. The van der Waals surface area contributed by atoms with Crippen LogP contribution in [0.2, 0.25) is 10.0 Å². The van der Waals surface area contributed by atoms with Gasteiger partial charge in [-0.2, -0.15) is 0 Å². The zero-order valence-electron chi connectivity index (χ0n) is 13.4. The van der Waals surface area contributed by atoms with Crippen molar-refractivity contribution in [3.05, 3.63) is 39.9 Å². The van der Waals surface area contributed by atoms with Gasteiger partial charge in [-0.3, -0.25) is 4.79 Å². The predicted molar refractivity (Wildman–Crippen MR) is 94.0 cm³/mol. The number of aryl methyl sites for hydroxylation is 1. The van der Waals surface area contributed by atoms with Crippen molar-refractivity contribution in [1.29, 1.82) is 0 Å². The lowest BCUT2D eigenvalue weighted by Gasteiger charge is -2.22.